The fraction of sp³-hybridized carbons (Fsp3) is 0.429. The van der Waals surface area contributed by atoms with E-state index in [0.29, 0.717) is 0 Å². The molecule has 23 heavy (non-hydrogen) atoms. The molecule has 1 aliphatic rings. The zero-order chi connectivity index (χ0) is 17.1. The van der Waals surface area contributed by atoms with Crippen LogP contribution in [0.3, 0.4) is 0 Å². The van der Waals surface area contributed by atoms with Crippen LogP contribution in [-0.4, -0.2) is 57.0 Å². The molecule has 0 aromatic heterocycles. The molecule has 8 nitrogen and oxygen atoms in total. The highest BCUT2D eigenvalue weighted by Crippen LogP contribution is 2.26. The second-order valence-corrected chi connectivity index (χ2v) is 5.55. The third kappa shape index (κ3) is 3.95. The number of carbonyl (C=O) groups is 1. The Labute approximate surface area is 137 Å². The molecule has 6 N–H and O–H groups in total. The van der Waals surface area contributed by atoms with Gasteiger partial charge in [-0.2, -0.15) is 0 Å². The minimum absolute atomic E-state index is 0.112. The van der Waals surface area contributed by atoms with Gasteiger partial charge in [-0.3, -0.25) is 10.1 Å². The number of ether oxygens (including phenoxy) is 2. The number of thiocarbonyl (C=S) groups is 1. The van der Waals surface area contributed by atoms with Gasteiger partial charge in [0.25, 0.3) is 5.91 Å². The number of aliphatic hydroxyl groups is 3. The Hall–Kier alpha value is -1.78. The van der Waals surface area contributed by atoms with E-state index in [2.05, 4.69) is 17.5 Å². The van der Waals surface area contributed by atoms with Crippen LogP contribution in [0, 0.1) is 0 Å². The highest BCUT2D eigenvalue weighted by molar-refractivity contribution is 7.80. The SMILES string of the molecule is CC1OC(Oc2ccccc2C(=O)NC(N)=S)C(O)C(O)C1O. The normalized spacial score (nSPS) is 30.5. The molecular weight excluding hydrogens is 324 g/mol. The average Bonchev–Trinajstić information content (AvgIpc) is 2.50. The standard InChI is InChI=1S/C14H18N2O6S/c1-6-9(17)10(18)11(19)13(21-6)22-8-5-3-2-4-7(8)12(20)16-14(15)23/h2-6,9-11,13,17-19H,1H3,(H3,15,16,20,23). The van der Waals surface area contributed by atoms with Crippen LogP contribution in [0.1, 0.15) is 17.3 Å². The van der Waals surface area contributed by atoms with Gasteiger partial charge in [0.15, 0.2) is 5.11 Å². The van der Waals surface area contributed by atoms with E-state index >= 15 is 0 Å². The Balaban J connectivity index is 2.20. The Morgan fingerprint density at radius 3 is 2.57 bits per heavy atom. The number of amides is 1. The van der Waals surface area contributed by atoms with Crippen LogP contribution < -0.4 is 15.8 Å². The second-order valence-electron chi connectivity index (χ2n) is 5.11. The summed E-state index contributed by atoms with van der Waals surface area (Å²) in [6, 6.07) is 6.21. The third-order valence-electron chi connectivity index (χ3n) is 3.42. The molecule has 1 fully saturated rings. The van der Waals surface area contributed by atoms with Crippen LogP contribution in [0.15, 0.2) is 24.3 Å². The van der Waals surface area contributed by atoms with E-state index in [1.807, 2.05) is 0 Å². The Kier molecular flexibility index (Phi) is 5.50. The largest absolute Gasteiger partial charge is 0.461 e. The van der Waals surface area contributed by atoms with Gasteiger partial charge in [-0.15, -0.1) is 0 Å². The van der Waals surface area contributed by atoms with Crippen LogP contribution in [0.2, 0.25) is 0 Å². The lowest BCUT2D eigenvalue weighted by molar-refractivity contribution is -0.268. The lowest BCUT2D eigenvalue weighted by Crippen LogP contribution is -2.58. The Morgan fingerprint density at radius 1 is 1.26 bits per heavy atom. The summed E-state index contributed by atoms with van der Waals surface area (Å²) in [6.45, 7) is 1.53. The molecule has 9 heteroatoms. The van der Waals surface area contributed by atoms with Gasteiger partial charge in [-0.1, -0.05) is 12.1 Å². The maximum atomic E-state index is 12.0. The summed E-state index contributed by atoms with van der Waals surface area (Å²) in [7, 11) is 0. The smallest absolute Gasteiger partial charge is 0.261 e. The van der Waals surface area contributed by atoms with E-state index in [9.17, 15) is 20.1 Å². The van der Waals surface area contributed by atoms with Crippen molar-refractivity contribution in [1.82, 2.24) is 5.32 Å². The van der Waals surface area contributed by atoms with E-state index in [0.717, 1.165) is 0 Å². The third-order valence-corrected chi connectivity index (χ3v) is 3.52. The molecule has 5 atom stereocenters. The topological polar surface area (TPSA) is 134 Å². The summed E-state index contributed by atoms with van der Waals surface area (Å²) in [4.78, 5) is 12.0. The van der Waals surface area contributed by atoms with Crippen LogP contribution in [0.25, 0.3) is 0 Å². The number of hydrogen-bond acceptors (Lipinski definition) is 7. The zero-order valence-corrected chi connectivity index (χ0v) is 13.1. The van der Waals surface area contributed by atoms with Crippen molar-refractivity contribution < 1.29 is 29.6 Å². The number of nitrogens with one attached hydrogen (secondary N) is 1. The first kappa shape index (κ1) is 17.6. The quantitative estimate of drug-likeness (QED) is 0.436. The van der Waals surface area contributed by atoms with E-state index < -0.39 is 36.6 Å². The summed E-state index contributed by atoms with van der Waals surface area (Å²) in [5, 5.41) is 31.5. The predicted molar refractivity (Wildman–Crippen MR) is 83.7 cm³/mol. The highest BCUT2D eigenvalue weighted by Gasteiger charge is 2.43. The molecule has 1 heterocycles. The van der Waals surface area contributed by atoms with Crippen LogP contribution in [0.5, 0.6) is 5.75 Å². The van der Waals surface area contributed by atoms with Crippen molar-refractivity contribution in [1.29, 1.82) is 0 Å². The number of aliphatic hydroxyl groups excluding tert-OH is 3. The monoisotopic (exact) mass is 342 g/mol. The first-order chi connectivity index (χ1) is 10.8. The fourth-order valence-corrected chi connectivity index (χ4v) is 2.26. The van der Waals surface area contributed by atoms with Crippen molar-refractivity contribution in [3.63, 3.8) is 0 Å². The van der Waals surface area contributed by atoms with E-state index in [1.165, 1.54) is 19.1 Å². The summed E-state index contributed by atoms with van der Waals surface area (Å²) < 4.78 is 10.8. The fourth-order valence-electron chi connectivity index (χ4n) is 2.17. The minimum Gasteiger partial charge on any atom is -0.461 e. The molecular formula is C14H18N2O6S. The maximum Gasteiger partial charge on any atom is 0.261 e. The number of para-hydroxylation sites is 1. The van der Waals surface area contributed by atoms with Gasteiger partial charge in [0, 0.05) is 0 Å². The van der Waals surface area contributed by atoms with Crippen LogP contribution >= 0.6 is 12.2 Å². The van der Waals surface area contributed by atoms with Gasteiger partial charge in [-0.25, -0.2) is 0 Å². The first-order valence-electron chi connectivity index (χ1n) is 6.87. The number of carbonyl (C=O) groups excluding carboxylic acids is 1. The number of benzene rings is 1. The van der Waals surface area contributed by atoms with Crippen LogP contribution in [0.4, 0.5) is 0 Å². The van der Waals surface area contributed by atoms with Gasteiger partial charge >= 0.3 is 0 Å². The average molecular weight is 342 g/mol. The van der Waals surface area contributed by atoms with Gasteiger partial charge in [0.1, 0.15) is 24.1 Å². The van der Waals surface area contributed by atoms with Crippen molar-refractivity contribution >= 4 is 23.2 Å². The molecule has 1 aliphatic heterocycles. The van der Waals surface area contributed by atoms with E-state index in [1.54, 1.807) is 12.1 Å². The summed E-state index contributed by atoms with van der Waals surface area (Å²) in [5.41, 5.74) is 5.40. The molecule has 126 valence electrons. The molecule has 5 unspecified atom stereocenters. The van der Waals surface area contributed by atoms with Gasteiger partial charge < -0.3 is 30.5 Å². The first-order valence-corrected chi connectivity index (χ1v) is 7.28. The van der Waals surface area contributed by atoms with Gasteiger partial charge in [0.05, 0.1) is 11.7 Å². The van der Waals surface area contributed by atoms with Crippen molar-refractivity contribution in [2.75, 3.05) is 0 Å². The number of nitrogens with two attached hydrogens (primary N) is 1. The molecule has 0 bridgehead atoms. The van der Waals surface area contributed by atoms with Crippen molar-refractivity contribution in [2.45, 2.75) is 37.6 Å². The molecule has 0 spiro atoms. The molecule has 0 radical (unpaired) electrons. The highest BCUT2D eigenvalue weighted by atomic mass is 32.1. The zero-order valence-electron chi connectivity index (χ0n) is 12.2. The second kappa shape index (κ2) is 7.20. The van der Waals surface area contributed by atoms with Gasteiger partial charge in [-0.05, 0) is 31.3 Å². The molecule has 2 rings (SSSR count). The van der Waals surface area contributed by atoms with Crippen molar-refractivity contribution in [3.8, 4) is 5.75 Å². The maximum absolute atomic E-state index is 12.0. The summed E-state index contributed by atoms with van der Waals surface area (Å²) in [5.74, 6) is -0.465. The van der Waals surface area contributed by atoms with Crippen molar-refractivity contribution in [2.24, 2.45) is 5.73 Å². The van der Waals surface area contributed by atoms with Crippen LogP contribution in [-0.2, 0) is 4.74 Å². The van der Waals surface area contributed by atoms with E-state index in [-0.39, 0.29) is 16.4 Å². The molecule has 1 aromatic carbocycles. The number of rotatable bonds is 3. The lowest BCUT2D eigenvalue weighted by atomic mass is 10.00. The molecule has 0 saturated carbocycles. The summed E-state index contributed by atoms with van der Waals surface area (Å²) in [6.07, 6.45) is -6.15. The van der Waals surface area contributed by atoms with Gasteiger partial charge in [0.2, 0.25) is 6.29 Å². The number of hydrogen-bond donors (Lipinski definition) is 5. The van der Waals surface area contributed by atoms with E-state index in [4.69, 9.17) is 15.2 Å². The van der Waals surface area contributed by atoms with Crippen molar-refractivity contribution in [3.05, 3.63) is 29.8 Å². The Morgan fingerprint density at radius 2 is 1.91 bits per heavy atom. The molecule has 1 aromatic rings. The minimum atomic E-state index is -1.48. The summed E-state index contributed by atoms with van der Waals surface area (Å²) >= 11 is 4.62. The molecule has 0 aliphatic carbocycles. The molecule has 1 saturated heterocycles. The lowest BCUT2D eigenvalue weighted by Gasteiger charge is -2.39. The Bertz CT molecular complexity index is 598. The predicted octanol–water partition coefficient (Wildman–Crippen LogP) is -1.13. The molecule has 1 amide bonds.